The van der Waals surface area contributed by atoms with E-state index in [1.165, 1.54) is 0 Å². The molecule has 0 aliphatic carbocycles. The third-order valence-corrected chi connectivity index (χ3v) is 2.73. The average Bonchev–Trinajstić information content (AvgIpc) is 2.37. The van der Waals surface area contributed by atoms with Gasteiger partial charge in [-0.05, 0) is 18.6 Å². The highest BCUT2D eigenvalue weighted by Gasteiger charge is 2.08. The lowest BCUT2D eigenvalue weighted by molar-refractivity contribution is 0.0358. The molecule has 0 unspecified atom stereocenters. The maximum atomic E-state index is 5.64. The van der Waals surface area contributed by atoms with Crippen molar-refractivity contribution in [1.29, 1.82) is 0 Å². The van der Waals surface area contributed by atoms with Gasteiger partial charge in [-0.1, -0.05) is 18.2 Å². The molecule has 0 aromatic heterocycles. The number of para-hydroxylation sites is 1. The minimum absolute atomic E-state index is 0.793. The molecule has 1 aromatic rings. The molecule has 1 aliphatic heterocycles. The monoisotopic (exact) mass is 221 g/mol. The van der Waals surface area contributed by atoms with Gasteiger partial charge in [0.2, 0.25) is 0 Å². The molecule has 0 atom stereocenters. The summed E-state index contributed by atoms with van der Waals surface area (Å²) in [6.45, 7) is 5.77. The number of ether oxygens (including phenoxy) is 2. The summed E-state index contributed by atoms with van der Waals surface area (Å²) in [7, 11) is 0. The van der Waals surface area contributed by atoms with Gasteiger partial charge in [0, 0.05) is 19.6 Å². The second kappa shape index (κ2) is 6.51. The van der Waals surface area contributed by atoms with E-state index in [1.807, 2.05) is 30.3 Å². The van der Waals surface area contributed by atoms with Crippen LogP contribution in [0, 0.1) is 0 Å². The highest BCUT2D eigenvalue weighted by molar-refractivity contribution is 5.20. The molecule has 0 spiro atoms. The first-order valence-corrected chi connectivity index (χ1v) is 5.93. The number of benzene rings is 1. The number of morpholine rings is 1. The van der Waals surface area contributed by atoms with Crippen LogP contribution < -0.4 is 4.74 Å². The van der Waals surface area contributed by atoms with Crippen LogP contribution in [-0.2, 0) is 4.74 Å². The van der Waals surface area contributed by atoms with E-state index in [0.717, 1.165) is 51.6 Å². The van der Waals surface area contributed by atoms with Gasteiger partial charge in [-0.2, -0.15) is 0 Å². The maximum absolute atomic E-state index is 5.64. The lowest BCUT2D eigenvalue weighted by Crippen LogP contribution is -2.37. The van der Waals surface area contributed by atoms with Gasteiger partial charge in [-0.3, -0.25) is 4.90 Å². The third-order valence-electron chi connectivity index (χ3n) is 2.73. The minimum atomic E-state index is 0.793. The van der Waals surface area contributed by atoms with Gasteiger partial charge in [0.1, 0.15) is 5.75 Å². The Morgan fingerprint density at radius 2 is 1.88 bits per heavy atom. The summed E-state index contributed by atoms with van der Waals surface area (Å²) < 4.78 is 10.9. The Hall–Kier alpha value is -1.06. The van der Waals surface area contributed by atoms with E-state index in [9.17, 15) is 0 Å². The molecular formula is C13H19NO2. The van der Waals surface area contributed by atoms with E-state index in [-0.39, 0.29) is 0 Å². The summed E-state index contributed by atoms with van der Waals surface area (Å²) in [5.74, 6) is 0.962. The van der Waals surface area contributed by atoms with Crippen molar-refractivity contribution >= 4 is 0 Å². The van der Waals surface area contributed by atoms with Crippen molar-refractivity contribution in [1.82, 2.24) is 4.90 Å². The lowest BCUT2D eigenvalue weighted by atomic mass is 10.3. The average molecular weight is 221 g/mol. The Morgan fingerprint density at radius 1 is 1.12 bits per heavy atom. The number of rotatable bonds is 5. The summed E-state index contributed by atoms with van der Waals surface area (Å²) in [6, 6.07) is 9.98. The second-order valence-corrected chi connectivity index (χ2v) is 3.97. The van der Waals surface area contributed by atoms with Crippen LogP contribution in [0.15, 0.2) is 30.3 Å². The van der Waals surface area contributed by atoms with E-state index in [1.54, 1.807) is 0 Å². The van der Waals surface area contributed by atoms with Gasteiger partial charge in [-0.15, -0.1) is 0 Å². The predicted molar refractivity (Wildman–Crippen MR) is 63.8 cm³/mol. The Kier molecular flexibility index (Phi) is 4.65. The van der Waals surface area contributed by atoms with Crippen molar-refractivity contribution in [3.63, 3.8) is 0 Å². The first-order valence-electron chi connectivity index (χ1n) is 5.93. The molecule has 3 nitrogen and oxygen atoms in total. The highest BCUT2D eigenvalue weighted by Crippen LogP contribution is 2.08. The summed E-state index contributed by atoms with van der Waals surface area (Å²) >= 11 is 0. The molecule has 1 fully saturated rings. The zero-order valence-corrected chi connectivity index (χ0v) is 9.60. The van der Waals surface area contributed by atoms with Crippen molar-refractivity contribution in [2.24, 2.45) is 0 Å². The molecular weight excluding hydrogens is 202 g/mol. The molecule has 0 saturated carbocycles. The quantitative estimate of drug-likeness (QED) is 0.708. The van der Waals surface area contributed by atoms with Crippen molar-refractivity contribution in [3.8, 4) is 5.75 Å². The standard InChI is InChI=1S/C13H19NO2/c1-2-5-13(6-3-1)16-10-4-7-14-8-11-15-12-9-14/h1-3,5-6H,4,7-12H2. The molecule has 1 aliphatic rings. The van der Waals surface area contributed by atoms with Crippen LogP contribution in [0.4, 0.5) is 0 Å². The van der Waals surface area contributed by atoms with Crippen LogP contribution in [0.25, 0.3) is 0 Å². The Labute approximate surface area is 97.0 Å². The summed E-state index contributed by atoms with van der Waals surface area (Å²) in [4.78, 5) is 2.43. The van der Waals surface area contributed by atoms with Crippen molar-refractivity contribution in [2.75, 3.05) is 39.5 Å². The molecule has 2 rings (SSSR count). The van der Waals surface area contributed by atoms with E-state index >= 15 is 0 Å². The summed E-state index contributed by atoms with van der Waals surface area (Å²) in [5, 5.41) is 0. The Balaban J connectivity index is 1.58. The number of nitrogens with zero attached hydrogens (tertiary/aromatic N) is 1. The largest absolute Gasteiger partial charge is 0.494 e. The molecule has 0 amide bonds. The molecule has 1 aromatic carbocycles. The fraction of sp³-hybridized carbons (Fsp3) is 0.538. The molecule has 1 saturated heterocycles. The normalized spacial score (nSPS) is 17.2. The zero-order chi connectivity index (χ0) is 11.1. The lowest BCUT2D eigenvalue weighted by Gasteiger charge is -2.26. The smallest absolute Gasteiger partial charge is 0.119 e. The molecule has 0 bridgehead atoms. The highest BCUT2D eigenvalue weighted by atomic mass is 16.5. The van der Waals surface area contributed by atoms with Crippen LogP contribution in [0.1, 0.15) is 6.42 Å². The SMILES string of the molecule is c1ccc(OCCCN2CCOCC2)cc1. The first kappa shape index (κ1) is 11.4. The van der Waals surface area contributed by atoms with E-state index in [2.05, 4.69) is 4.90 Å². The molecule has 88 valence electrons. The van der Waals surface area contributed by atoms with E-state index < -0.39 is 0 Å². The van der Waals surface area contributed by atoms with Crippen molar-refractivity contribution in [2.45, 2.75) is 6.42 Å². The maximum Gasteiger partial charge on any atom is 0.119 e. The Bertz CT molecular complexity index is 283. The number of hydrogen-bond acceptors (Lipinski definition) is 3. The minimum Gasteiger partial charge on any atom is -0.494 e. The van der Waals surface area contributed by atoms with Crippen LogP contribution in [0.5, 0.6) is 5.75 Å². The fourth-order valence-electron chi connectivity index (χ4n) is 1.82. The van der Waals surface area contributed by atoms with Gasteiger partial charge in [0.25, 0.3) is 0 Å². The predicted octanol–water partition coefficient (Wildman–Crippen LogP) is 1.79. The van der Waals surface area contributed by atoms with Crippen LogP contribution in [0.3, 0.4) is 0 Å². The first-order chi connectivity index (χ1) is 7.95. The van der Waals surface area contributed by atoms with Gasteiger partial charge >= 0.3 is 0 Å². The van der Waals surface area contributed by atoms with Gasteiger partial charge in [0.05, 0.1) is 19.8 Å². The van der Waals surface area contributed by atoms with E-state index in [0.29, 0.717) is 0 Å². The molecule has 0 N–H and O–H groups in total. The van der Waals surface area contributed by atoms with Crippen molar-refractivity contribution in [3.05, 3.63) is 30.3 Å². The van der Waals surface area contributed by atoms with Crippen molar-refractivity contribution < 1.29 is 9.47 Å². The molecule has 0 radical (unpaired) electrons. The van der Waals surface area contributed by atoms with Crippen LogP contribution in [0.2, 0.25) is 0 Å². The topological polar surface area (TPSA) is 21.7 Å². The van der Waals surface area contributed by atoms with Crippen LogP contribution >= 0.6 is 0 Å². The van der Waals surface area contributed by atoms with Gasteiger partial charge in [-0.25, -0.2) is 0 Å². The Morgan fingerprint density at radius 3 is 2.62 bits per heavy atom. The third kappa shape index (κ3) is 3.83. The molecule has 3 heteroatoms. The summed E-state index contributed by atoms with van der Waals surface area (Å²) in [6.07, 6.45) is 1.08. The van der Waals surface area contributed by atoms with Gasteiger partial charge < -0.3 is 9.47 Å². The summed E-state index contributed by atoms with van der Waals surface area (Å²) in [5.41, 5.74) is 0. The molecule has 1 heterocycles. The van der Waals surface area contributed by atoms with Crippen LogP contribution in [-0.4, -0.2) is 44.4 Å². The van der Waals surface area contributed by atoms with E-state index in [4.69, 9.17) is 9.47 Å². The zero-order valence-electron chi connectivity index (χ0n) is 9.60. The fourth-order valence-corrected chi connectivity index (χ4v) is 1.82. The molecule has 16 heavy (non-hydrogen) atoms. The van der Waals surface area contributed by atoms with Gasteiger partial charge in [0.15, 0.2) is 0 Å². The second-order valence-electron chi connectivity index (χ2n) is 3.97. The number of hydrogen-bond donors (Lipinski definition) is 0.